The minimum atomic E-state index is -0.0236. The van der Waals surface area contributed by atoms with E-state index in [2.05, 4.69) is 57.3 Å². The van der Waals surface area contributed by atoms with Crippen molar-refractivity contribution in [2.75, 3.05) is 0 Å². The Morgan fingerprint density at radius 2 is 2.00 bits per heavy atom. The molecule has 1 aliphatic rings. The molecule has 0 bridgehead atoms. The smallest absolute Gasteiger partial charge is 0.223 e. The number of nitrogens with two attached hydrogens (primary N) is 1. The van der Waals surface area contributed by atoms with Gasteiger partial charge in [-0.3, -0.25) is 4.79 Å². The fraction of sp³-hybridized carbons (Fsp3) is 0.611. The first-order chi connectivity index (χ1) is 9.77. The third kappa shape index (κ3) is 4.72. The summed E-state index contributed by atoms with van der Waals surface area (Å²) in [5.41, 5.74) is 8.31. The van der Waals surface area contributed by atoms with Gasteiger partial charge >= 0.3 is 0 Å². The van der Waals surface area contributed by atoms with Crippen molar-refractivity contribution in [3.8, 4) is 0 Å². The fourth-order valence-electron chi connectivity index (χ4n) is 3.16. The Bertz CT molecular complexity index is 510. The molecular formula is C18H29ClN2O. The van der Waals surface area contributed by atoms with Crippen LogP contribution in [0.25, 0.3) is 0 Å². The van der Waals surface area contributed by atoms with Crippen LogP contribution in [-0.4, -0.2) is 11.9 Å². The number of nitrogens with one attached hydrogen (secondary N) is 1. The maximum atomic E-state index is 12.5. The van der Waals surface area contributed by atoms with Crippen molar-refractivity contribution in [1.82, 2.24) is 5.32 Å². The van der Waals surface area contributed by atoms with Crippen LogP contribution in [0.15, 0.2) is 24.3 Å². The molecule has 3 N–H and O–H groups in total. The zero-order chi connectivity index (χ0) is 15.6. The molecule has 4 heteroatoms. The van der Waals surface area contributed by atoms with Crippen molar-refractivity contribution in [2.45, 2.75) is 59.0 Å². The average Bonchev–Trinajstić information content (AvgIpc) is 2.81. The molecule has 0 spiro atoms. The molecule has 3 unspecified atom stereocenters. The molecule has 2 rings (SSSR count). The summed E-state index contributed by atoms with van der Waals surface area (Å²) in [4.78, 5) is 12.5. The van der Waals surface area contributed by atoms with Crippen LogP contribution in [0.4, 0.5) is 0 Å². The lowest BCUT2D eigenvalue weighted by molar-refractivity contribution is -0.126. The van der Waals surface area contributed by atoms with E-state index in [-0.39, 0.29) is 41.7 Å². The van der Waals surface area contributed by atoms with Gasteiger partial charge in [0, 0.05) is 12.0 Å². The Labute approximate surface area is 140 Å². The highest BCUT2D eigenvalue weighted by atomic mass is 35.5. The van der Waals surface area contributed by atoms with Crippen LogP contribution >= 0.6 is 12.4 Å². The van der Waals surface area contributed by atoms with Gasteiger partial charge in [0.2, 0.25) is 5.91 Å². The van der Waals surface area contributed by atoms with Crippen LogP contribution in [0.1, 0.15) is 57.2 Å². The van der Waals surface area contributed by atoms with Gasteiger partial charge in [0.05, 0.1) is 6.04 Å². The summed E-state index contributed by atoms with van der Waals surface area (Å²) in [6, 6.07) is 8.62. The van der Waals surface area contributed by atoms with E-state index in [0.717, 1.165) is 19.3 Å². The van der Waals surface area contributed by atoms with E-state index in [1.54, 1.807) is 0 Å². The summed E-state index contributed by atoms with van der Waals surface area (Å²) in [5, 5.41) is 3.27. The number of rotatable bonds is 3. The summed E-state index contributed by atoms with van der Waals surface area (Å²) >= 11 is 0. The number of hydrogen-bond donors (Lipinski definition) is 2. The first-order valence-corrected chi connectivity index (χ1v) is 7.90. The number of amides is 1. The molecule has 0 heterocycles. The second kappa shape index (κ2) is 7.47. The molecule has 3 nitrogen and oxygen atoms in total. The zero-order valence-electron chi connectivity index (χ0n) is 14.1. The van der Waals surface area contributed by atoms with E-state index in [1.165, 1.54) is 11.1 Å². The SMILES string of the molecule is Cc1cccc(C(NC(=O)C2CCC(N)C2)C(C)(C)C)c1.Cl. The molecule has 1 aliphatic carbocycles. The molecule has 124 valence electrons. The second-order valence-electron chi connectivity index (χ2n) is 7.49. The molecule has 0 aliphatic heterocycles. The van der Waals surface area contributed by atoms with Gasteiger partial charge in [-0.2, -0.15) is 0 Å². The molecule has 3 atom stereocenters. The van der Waals surface area contributed by atoms with E-state index < -0.39 is 0 Å². The fourth-order valence-corrected chi connectivity index (χ4v) is 3.16. The third-order valence-electron chi connectivity index (χ3n) is 4.37. The zero-order valence-corrected chi connectivity index (χ0v) is 14.9. The van der Waals surface area contributed by atoms with Gasteiger partial charge in [-0.15, -0.1) is 12.4 Å². The van der Waals surface area contributed by atoms with Crippen molar-refractivity contribution < 1.29 is 4.79 Å². The average molecular weight is 325 g/mol. The van der Waals surface area contributed by atoms with E-state index in [4.69, 9.17) is 5.73 Å². The number of benzene rings is 1. The highest BCUT2D eigenvalue weighted by molar-refractivity contribution is 5.85. The maximum Gasteiger partial charge on any atom is 0.223 e. The molecule has 1 aromatic rings. The summed E-state index contributed by atoms with van der Waals surface area (Å²) in [6.07, 6.45) is 2.69. The molecule has 1 amide bonds. The molecule has 0 aromatic heterocycles. The van der Waals surface area contributed by atoms with Crippen molar-refractivity contribution in [2.24, 2.45) is 17.1 Å². The van der Waals surface area contributed by atoms with Gasteiger partial charge in [0.15, 0.2) is 0 Å². The van der Waals surface area contributed by atoms with Crippen LogP contribution in [0.2, 0.25) is 0 Å². The minimum absolute atomic E-state index is 0. The largest absolute Gasteiger partial charge is 0.349 e. The molecular weight excluding hydrogens is 296 g/mol. The van der Waals surface area contributed by atoms with Crippen LogP contribution in [0.5, 0.6) is 0 Å². The van der Waals surface area contributed by atoms with Gasteiger partial charge in [-0.05, 0) is 37.2 Å². The predicted octanol–water partition coefficient (Wildman–Crippen LogP) is 3.75. The maximum absolute atomic E-state index is 12.5. The Morgan fingerprint density at radius 3 is 2.50 bits per heavy atom. The number of halogens is 1. The van der Waals surface area contributed by atoms with Crippen LogP contribution in [-0.2, 0) is 4.79 Å². The van der Waals surface area contributed by atoms with Gasteiger partial charge in [-0.1, -0.05) is 50.6 Å². The molecule has 0 saturated heterocycles. The summed E-state index contributed by atoms with van der Waals surface area (Å²) in [6.45, 7) is 8.59. The summed E-state index contributed by atoms with van der Waals surface area (Å²) in [5.74, 6) is 0.235. The standard InChI is InChI=1S/C18H28N2O.ClH/c1-12-6-5-7-13(10-12)16(18(2,3)4)20-17(21)14-8-9-15(19)11-14;/h5-7,10,14-16H,8-9,11,19H2,1-4H3,(H,20,21);1H. The minimum Gasteiger partial charge on any atom is -0.349 e. The quantitative estimate of drug-likeness (QED) is 0.889. The number of hydrogen-bond acceptors (Lipinski definition) is 2. The lowest BCUT2D eigenvalue weighted by atomic mass is 9.81. The Kier molecular flexibility index (Phi) is 6.45. The Balaban J connectivity index is 0.00000242. The van der Waals surface area contributed by atoms with Gasteiger partial charge in [0.1, 0.15) is 0 Å². The monoisotopic (exact) mass is 324 g/mol. The Hall–Kier alpha value is -1.06. The van der Waals surface area contributed by atoms with Crippen molar-refractivity contribution in [3.63, 3.8) is 0 Å². The summed E-state index contributed by atoms with van der Waals surface area (Å²) < 4.78 is 0. The van der Waals surface area contributed by atoms with Gasteiger partial charge in [0.25, 0.3) is 0 Å². The van der Waals surface area contributed by atoms with E-state index in [9.17, 15) is 4.79 Å². The number of carbonyl (C=O) groups is 1. The predicted molar refractivity (Wildman–Crippen MR) is 94.1 cm³/mol. The number of aryl methyl sites for hydroxylation is 1. The normalized spacial score (nSPS) is 22.8. The van der Waals surface area contributed by atoms with Crippen molar-refractivity contribution in [3.05, 3.63) is 35.4 Å². The van der Waals surface area contributed by atoms with Gasteiger partial charge < -0.3 is 11.1 Å². The molecule has 1 fully saturated rings. The lowest BCUT2D eigenvalue weighted by Gasteiger charge is -2.33. The topological polar surface area (TPSA) is 55.1 Å². The molecule has 1 aromatic carbocycles. The number of carbonyl (C=O) groups excluding carboxylic acids is 1. The molecule has 0 radical (unpaired) electrons. The molecule has 1 saturated carbocycles. The van der Waals surface area contributed by atoms with Crippen LogP contribution in [0, 0.1) is 18.3 Å². The highest BCUT2D eigenvalue weighted by Crippen LogP contribution is 2.34. The van der Waals surface area contributed by atoms with Crippen LogP contribution < -0.4 is 11.1 Å². The first kappa shape index (κ1) is 19.0. The van der Waals surface area contributed by atoms with Crippen molar-refractivity contribution in [1.29, 1.82) is 0 Å². The third-order valence-corrected chi connectivity index (χ3v) is 4.37. The van der Waals surface area contributed by atoms with E-state index in [1.807, 2.05) is 0 Å². The lowest BCUT2D eigenvalue weighted by Crippen LogP contribution is -2.39. The molecule has 22 heavy (non-hydrogen) atoms. The van der Waals surface area contributed by atoms with Crippen molar-refractivity contribution >= 4 is 18.3 Å². The highest BCUT2D eigenvalue weighted by Gasteiger charge is 2.33. The van der Waals surface area contributed by atoms with E-state index in [0.29, 0.717) is 0 Å². The summed E-state index contributed by atoms with van der Waals surface area (Å²) in [7, 11) is 0. The Morgan fingerprint density at radius 1 is 1.32 bits per heavy atom. The first-order valence-electron chi connectivity index (χ1n) is 7.90. The second-order valence-corrected chi connectivity index (χ2v) is 7.49. The van der Waals surface area contributed by atoms with Crippen LogP contribution in [0.3, 0.4) is 0 Å². The van der Waals surface area contributed by atoms with Gasteiger partial charge in [-0.25, -0.2) is 0 Å². The van der Waals surface area contributed by atoms with E-state index >= 15 is 0 Å².